The first kappa shape index (κ1) is 20.5. The van der Waals surface area contributed by atoms with Crippen LogP contribution in [0.25, 0.3) is 55.8 Å². The van der Waals surface area contributed by atoms with Gasteiger partial charge in [-0.2, -0.15) is 0 Å². The van der Waals surface area contributed by atoms with Crippen molar-refractivity contribution in [3.63, 3.8) is 0 Å². The number of aromatic nitrogens is 2. The zero-order chi connectivity index (χ0) is 22.5. The zero-order valence-corrected chi connectivity index (χ0v) is 22.0. The van der Waals surface area contributed by atoms with E-state index in [4.69, 9.17) is 4.98 Å². The summed E-state index contributed by atoms with van der Waals surface area (Å²) in [5.41, 5.74) is 13.5. The molecule has 1 aromatic heterocycles. The minimum absolute atomic E-state index is 0.829. The van der Waals surface area contributed by atoms with Crippen LogP contribution < -0.4 is 3.40 Å². The van der Waals surface area contributed by atoms with Gasteiger partial charge in [0.15, 0.2) is 0 Å². The number of hydrogen-bond acceptors (Lipinski definition) is 2. The summed E-state index contributed by atoms with van der Waals surface area (Å²) < 4.78 is 1.10. The predicted octanol–water partition coefficient (Wildman–Crippen LogP) is 6.54. The molecule has 0 atom stereocenters. The second kappa shape index (κ2) is 8.01. The molecular formula is C30H21BiN2. The van der Waals surface area contributed by atoms with Crippen LogP contribution in [0.4, 0.5) is 0 Å². The average Bonchev–Trinajstić information content (AvgIpc) is 2.82. The van der Waals surface area contributed by atoms with E-state index in [1.54, 1.807) is 0 Å². The van der Waals surface area contributed by atoms with E-state index in [-0.39, 0.29) is 0 Å². The number of rotatable bonds is 1. The van der Waals surface area contributed by atoms with Crippen LogP contribution in [0.1, 0.15) is 11.4 Å². The summed E-state index contributed by atoms with van der Waals surface area (Å²) in [4.78, 5) is 9.33. The molecule has 0 aliphatic heterocycles. The molecule has 33 heavy (non-hydrogen) atoms. The summed E-state index contributed by atoms with van der Waals surface area (Å²) in [5.74, 6) is 0.829. The fourth-order valence-corrected chi connectivity index (χ4v) is 6.02. The first-order valence-corrected chi connectivity index (χ1v) is 12.8. The molecule has 0 amide bonds. The molecule has 1 aliphatic carbocycles. The summed E-state index contributed by atoms with van der Waals surface area (Å²) in [6, 6.07) is 33.1. The first-order valence-electron chi connectivity index (χ1n) is 11.1. The third-order valence-electron chi connectivity index (χ3n) is 6.41. The first-order chi connectivity index (χ1) is 16.1. The van der Waals surface area contributed by atoms with E-state index in [9.17, 15) is 0 Å². The number of hydrogen-bond donors (Lipinski definition) is 0. The molecule has 0 fully saturated rings. The van der Waals surface area contributed by atoms with E-state index >= 15 is 0 Å². The number of benzene rings is 4. The fourth-order valence-electron chi connectivity index (χ4n) is 4.98. The van der Waals surface area contributed by atoms with Crippen molar-refractivity contribution >= 4 is 28.1 Å². The van der Waals surface area contributed by atoms with Gasteiger partial charge in [0.05, 0.1) is 0 Å². The molecule has 0 N–H and O–H groups in total. The van der Waals surface area contributed by atoms with E-state index in [2.05, 4.69) is 103 Å². The predicted molar refractivity (Wildman–Crippen MR) is 138 cm³/mol. The van der Waals surface area contributed by atoms with Crippen LogP contribution in [-0.2, 0) is 0 Å². The zero-order valence-electron chi connectivity index (χ0n) is 18.5. The SMILES string of the molecule is Cc1n[c]([Bi])cc(-c2cc3c(cc2C)-c2ccccc2-c2ccccc2-c2ccccc2-3)n1. The topological polar surface area (TPSA) is 25.8 Å². The second-order valence-electron chi connectivity index (χ2n) is 8.51. The molecule has 6 rings (SSSR count). The maximum absolute atomic E-state index is 4.80. The van der Waals surface area contributed by atoms with E-state index < -0.39 is 0 Å². The molecule has 156 valence electrons. The van der Waals surface area contributed by atoms with E-state index in [1.165, 1.54) is 55.6 Å². The molecule has 5 aromatic rings. The number of fused-ring (bicyclic) bond motifs is 8. The molecule has 2 nitrogen and oxygen atoms in total. The van der Waals surface area contributed by atoms with Gasteiger partial charge < -0.3 is 0 Å². The van der Waals surface area contributed by atoms with Crippen LogP contribution in [0.15, 0.2) is 91.0 Å². The van der Waals surface area contributed by atoms with Crippen molar-refractivity contribution in [1.29, 1.82) is 0 Å². The fraction of sp³-hybridized carbons (Fsp3) is 0.0667. The van der Waals surface area contributed by atoms with E-state index in [1.807, 2.05) is 6.92 Å². The van der Waals surface area contributed by atoms with Crippen molar-refractivity contribution in [2.75, 3.05) is 0 Å². The Morgan fingerprint density at radius 1 is 0.485 bits per heavy atom. The molecule has 0 saturated carbocycles. The Morgan fingerprint density at radius 2 is 0.909 bits per heavy atom. The average molecular weight is 618 g/mol. The Hall–Kier alpha value is -3.16. The number of aryl methyl sites for hydroxylation is 2. The number of nitrogens with zero attached hydrogens (tertiary/aromatic N) is 2. The Bertz CT molecular complexity index is 1530. The monoisotopic (exact) mass is 618 g/mol. The van der Waals surface area contributed by atoms with Gasteiger partial charge in [-0.3, -0.25) is 0 Å². The second-order valence-corrected chi connectivity index (χ2v) is 10.3. The van der Waals surface area contributed by atoms with Gasteiger partial charge in [-0.25, -0.2) is 0 Å². The Kier molecular flexibility index (Phi) is 4.96. The molecule has 3 heteroatoms. The van der Waals surface area contributed by atoms with Crippen molar-refractivity contribution in [3.05, 3.63) is 102 Å². The molecule has 0 spiro atoms. The molecule has 1 aliphatic rings. The molecular weight excluding hydrogens is 597 g/mol. The Labute approximate surface area is 209 Å². The molecule has 0 saturated heterocycles. The molecule has 0 bridgehead atoms. The van der Waals surface area contributed by atoms with Crippen molar-refractivity contribution < 1.29 is 0 Å². The Morgan fingerprint density at radius 3 is 1.36 bits per heavy atom. The van der Waals surface area contributed by atoms with Gasteiger partial charge in [-0.1, -0.05) is 0 Å². The minimum atomic E-state index is 0.829. The molecule has 1 heterocycles. The molecule has 0 unspecified atom stereocenters. The van der Waals surface area contributed by atoms with Crippen LogP contribution in [0.5, 0.6) is 0 Å². The third kappa shape index (κ3) is 3.43. The van der Waals surface area contributed by atoms with Crippen LogP contribution in [0.2, 0.25) is 0 Å². The van der Waals surface area contributed by atoms with Gasteiger partial charge in [0.1, 0.15) is 0 Å². The summed E-state index contributed by atoms with van der Waals surface area (Å²) in [7, 11) is 0. The maximum atomic E-state index is 4.80. The molecule has 4 aromatic carbocycles. The van der Waals surface area contributed by atoms with Gasteiger partial charge in [-0.15, -0.1) is 0 Å². The van der Waals surface area contributed by atoms with Crippen LogP contribution in [0, 0.1) is 13.8 Å². The third-order valence-corrected chi connectivity index (χ3v) is 7.30. The summed E-state index contributed by atoms with van der Waals surface area (Å²) >= 11 is 1.13. The summed E-state index contributed by atoms with van der Waals surface area (Å²) in [6.07, 6.45) is 0. The van der Waals surface area contributed by atoms with Crippen LogP contribution in [0.3, 0.4) is 0 Å². The van der Waals surface area contributed by atoms with E-state index in [0.717, 1.165) is 39.6 Å². The van der Waals surface area contributed by atoms with Crippen LogP contribution in [-0.4, -0.2) is 34.7 Å². The van der Waals surface area contributed by atoms with E-state index in [0.29, 0.717) is 0 Å². The summed E-state index contributed by atoms with van der Waals surface area (Å²) in [6.45, 7) is 4.17. The van der Waals surface area contributed by atoms with Crippen molar-refractivity contribution in [1.82, 2.24) is 9.97 Å². The van der Waals surface area contributed by atoms with Gasteiger partial charge in [-0.05, 0) is 0 Å². The molecule has 2 radical (unpaired) electrons. The van der Waals surface area contributed by atoms with Crippen molar-refractivity contribution in [2.24, 2.45) is 0 Å². The Balaban J connectivity index is 1.74. The standard InChI is InChI=1S/C30H21N2.Bi/c1-19-17-28-25-13-7-5-11-23(25)21-9-3-4-10-22(21)24-12-6-8-14-26(24)29(28)18-27(19)30-15-16-31-20(2)32-30;/h3-15,17-18H,1-2H3;. The van der Waals surface area contributed by atoms with Crippen LogP contribution >= 0.6 is 0 Å². The quantitative estimate of drug-likeness (QED) is 0.196. The van der Waals surface area contributed by atoms with Gasteiger partial charge in [0.25, 0.3) is 0 Å². The van der Waals surface area contributed by atoms with Gasteiger partial charge in [0, 0.05) is 0 Å². The normalized spacial score (nSPS) is 11.5. The van der Waals surface area contributed by atoms with Crippen molar-refractivity contribution in [2.45, 2.75) is 13.8 Å². The van der Waals surface area contributed by atoms with Crippen molar-refractivity contribution in [3.8, 4) is 55.8 Å². The summed E-state index contributed by atoms with van der Waals surface area (Å²) in [5, 5.41) is 0. The van der Waals surface area contributed by atoms with Gasteiger partial charge >= 0.3 is 210 Å². The van der Waals surface area contributed by atoms with Gasteiger partial charge in [0.2, 0.25) is 0 Å².